The fraction of sp³-hybridized carbons (Fsp3) is 0.588. The van der Waals surface area contributed by atoms with Crippen LogP contribution in [0, 0.1) is 0 Å². The lowest BCUT2D eigenvalue weighted by Crippen LogP contribution is -3.00. The zero-order valence-corrected chi connectivity index (χ0v) is 16.1. The molecule has 0 bridgehead atoms. The third kappa shape index (κ3) is 4.76. The summed E-state index contributed by atoms with van der Waals surface area (Å²) in [5.74, 6) is 0.207. The number of nitrogens with zero attached hydrogens (tertiary/aromatic N) is 3. The highest BCUT2D eigenvalue weighted by Gasteiger charge is 2.28. The van der Waals surface area contributed by atoms with Crippen LogP contribution in [0.3, 0.4) is 0 Å². The van der Waals surface area contributed by atoms with Gasteiger partial charge in [0.25, 0.3) is 0 Å². The molecule has 2 N–H and O–H groups in total. The third-order valence-electron chi connectivity index (χ3n) is 4.93. The molecule has 1 amide bonds. The summed E-state index contributed by atoms with van der Waals surface area (Å²) >= 11 is 0. The van der Waals surface area contributed by atoms with Gasteiger partial charge in [-0.2, -0.15) is 0 Å². The minimum absolute atomic E-state index is 0. The molecule has 2 aliphatic heterocycles. The molecular formula is C17H28Cl2N4O. The van der Waals surface area contributed by atoms with E-state index in [1.807, 2.05) is 17.0 Å². The average molecular weight is 375 g/mol. The highest BCUT2D eigenvalue weighted by Crippen LogP contribution is 2.29. The zero-order chi connectivity index (χ0) is 15.7. The molecule has 0 unspecified atom stereocenters. The van der Waals surface area contributed by atoms with E-state index in [4.69, 9.17) is 5.73 Å². The lowest BCUT2D eigenvalue weighted by Gasteiger charge is -2.39. The molecule has 136 valence electrons. The van der Waals surface area contributed by atoms with Gasteiger partial charge in [0.05, 0.1) is 33.7 Å². The molecule has 1 fully saturated rings. The molecule has 1 aromatic carbocycles. The SMILES string of the molecule is C[N+]1(C)CCN(CC(=O)N2CCCc3ccc(N)cc32)CC1.Cl.[Cl-]. The molecule has 2 heterocycles. The molecule has 0 spiro atoms. The molecule has 5 nitrogen and oxygen atoms in total. The molecule has 0 atom stereocenters. The van der Waals surface area contributed by atoms with Gasteiger partial charge in [-0.3, -0.25) is 9.69 Å². The maximum Gasteiger partial charge on any atom is 0.241 e. The lowest BCUT2D eigenvalue weighted by atomic mass is 10.0. The number of aryl methyl sites for hydroxylation is 1. The number of likely N-dealkylation sites (N-methyl/N-ethyl adjacent to an activating group) is 1. The Balaban J connectivity index is 0.00000144. The van der Waals surface area contributed by atoms with E-state index in [1.165, 1.54) is 5.56 Å². The minimum Gasteiger partial charge on any atom is -1.00 e. The van der Waals surface area contributed by atoms with Crippen molar-refractivity contribution in [3.05, 3.63) is 23.8 Å². The van der Waals surface area contributed by atoms with E-state index in [9.17, 15) is 4.79 Å². The van der Waals surface area contributed by atoms with Gasteiger partial charge in [-0.1, -0.05) is 6.07 Å². The van der Waals surface area contributed by atoms with Gasteiger partial charge >= 0.3 is 0 Å². The fourth-order valence-corrected chi connectivity index (χ4v) is 3.33. The standard InChI is InChI=1S/C17H27N4O.2ClH/c1-21(2)10-8-19(9-11-21)13-17(22)20-7-3-4-14-5-6-15(18)12-16(14)20;;/h5-6,12H,3-4,7-11,13,18H2,1-2H3;2*1H/q+1;;/p-1. The van der Waals surface area contributed by atoms with Crippen LogP contribution in [-0.2, 0) is 11.2 Å². The van der Waals surface area contributed by atoms with E-state index in [-0.39, 0.29) is 30.7 Å². The monoisotopic (exact) mass is 374 g/mol. The molecule has 0 radical (unpaired) electrons. The number of carbonyl (C=O) groups excluding carboxylic acids is 1. The first-order chi connectivity index (χ1) is 10.4. The third-order valence-corrected chi connectivity index (χ3v) is 4.93. The predicted molar refractivity (Wildman–Crippen MR) is 97.1 cm³/mol. The number of halogens is 2. The highest BCUT2D eigenvalue weighted by atomic mass is 35.5. The Morgan fingerprint density at radius 3 is 2.54 bits per heavy atom. The second kappa shape index (κ2) is 8.39. The van der Waals surface area contributed by atoms with Crippen LogP contribution in [0.4, 0.5) is 11.4 Å². The first-order valence-electron chi connectivity index (χ1n) is 8.18. The maximum atomic E-state index is 12.7. The fourth-order valence-electron chi connectivity index (χ4n) is 3.33. The normalized spacial score (nSPS) is 19.7. The number of nitrogen functional groups attached to an aromatic ring is 1. The largest absolute Gasteiger partial charge is 1.00 e. The van der Waals surface area contributed by atoms with Crippen molar-refractivity contribution < 1.29 is 21.7 Å². The van der Waals surface area contributed by atoms with E-state index < -0.39 is 0 Å². The van der Waals surface area contributed by atoms with Gasteiger partial charge in [-0.05, 0) is 30.5 Å². The van der Waals surface area contributed by atoms with E-state index >= 15 is 0 Å². The quantitative estimate of drug-likeness (QED) is 0.499. The predicted octanol–water partition coefficient (Wildman–Crippen LogP) is -1.63. The molecule has 1 saturated heterocycles. The Kier molecular flexibility index (Phi) is 7.35. The summed E-state index contributed by atoms with van der Waals surface area (Å²) in [4.78, 5) is 17.0. The summed E-state index contributed by atoms with van der Waals surface area (Å²) in [6.45, 7) is 5.54. The van der Waals surface area contributed by atoms with E-state index in [1.54, 1.807) is 0 Å². The molecule has 7 heteroatoms. The van der Waals surface area contributed by atoms with Crippen LogP contribution in [0.1, 0.15) is 12.0 Å². The van der Waals surface area contributed by atoms with E-state index in [0.717, 1.165) is 61.4 Å². The number of rotatable bonds is 2. The van der Waals surface area contributed by atoms with Crippen LogP contribution in [0.5, 0.6) is 0 Å². The van der Waals surface area contributed by atoms with Gasteiger partial charge in [-0.25, -0.2) is 0 Å². The molecular weight excluding hydrogens is 347 g/mol. The Morgan fingerprint density at radius 2 is 1.88 bits per heavy atom. The number of nitrogens with two attached hydrogens (primary N) is 1. The Morgan fingerprint density at radius 1 is 1.21 bits per heavy atom. The summed E-state index contributed by atoms with van der Waals surface area (Å²) in [7, 11) is 4.51. The van der Waals surface area contributed by atoms with Crippen LogP contribution >= 0.6 is 12.4 Å². The number of amides is 1. The van der Waals surface area contributed by atoms with Crippen molar-refractivity contribution in [1.82, 2.24) is 4.90 Å². The Labute approximate surface area is 157 Å². The van der Waals surface area contributed by atoms with Crippen LogP contribution in [0.25, 0.3) is 0 Å². The van der Waals surface area contributed by atoms with Crippen LogP contribution in [0.15, 0.2) is 18.2 Å². The zero-order valence-electron chi connectivity index (χ0n) is 14.5. The summed E-state index contributed by atoms with van der Waals surface area (Å²) in [5, 5.41) is 0. The second-order valence-corrected chi connectivity index (χ2v) is 7.20. The first kappa shape index (κ1) is 21.0. The molecule has 0 aliphatic carbocycles. The molecule has 2 aliphatic rings. The highest BCUT2D eigenvalue weighted by molar-refractivity contribution is 5.96. The number of hydrogen-bond donors (Lipinski definition) is 1. The van der Waals surface area contributed by atoms with E-state index in [2.05, 4.69) is 25.1 Å². The van der Waals surface area contributed by atoms with Gasteiger partial charge in [-0.15, -0.1) is 12.4 Å². The molecule has 24 heavy (non-hydrogen) atoms. The van der Waals surface area contributed by atoms with Gasteiger partial charge < -0.3 is 27.5 Å². The molecule has 0 saturated carbocycles. The summed E-state index contributed by atoms with van der Waals surface area (Å²) in [6.07, 6.45) is 2.07. The number of carbonyl (C=O) groups is 1. The van der Waals surface area contributed by atoms with Crippen molar-refractivity contribution in [1.29, 1.82) is 0 Å². The lowest BCUT2D eigenvalue weighted by molar-refractivity contribution is -0.894. The van der Waals surface area contributed by atoms with Crippen molar-refractivity contribution in [2.24, 2.45) is 0 Å². The van der Waals surface area contributed by atoms with Gasteiger partial charge in [0.15, 0.2) is 0 Å². The Bertz CT molecular complexity index is 570. The number of quaternary nitrogens is 1. The topological polar surface area (TPSA) is 49.6 Å². The van der Waals surface area contributed by atoms with Crippen molar-refractivity contribution in [3.63, 3.8) is 0 Å². The number of anilines is 2. The van der Waals surface area contributed by atoms with Crippen molar-refractivity contribution in [2.45, 2.75) is 12.8 Å². The minimum atomic E-state index is 0. The summed E-state index contributed by atoms with van der Waals surface area (Å²) in [5.41, 5.74) is 8.90. The van der Waals surface area contributed by atoms with Crippen molar-refractivity contribution in [2.75, 3.05) is 64.0 Å². The van der Waals surface area contributed by atoms with Gasteiger partial charge in [0.1, 0.15) is 0 Å². The molecule has 3 rings (SSSR count). The number of benzene rings is 1. The number of fused-ring (bicyclic) bond motifs is 1. The van der Waals surface area contributed by atoms with Crippen molar-refractivity contribution in [3.8, 4) is 0 Å². The van der Waals surface area contributed by atoms with Crippen LogP contribution in [0.2, 0.25) is 0 Å². The summed E-state index contributed by atoms with van der Waals surface area (Å²) in [6, 6.07) is 5.94. The molecule has 0 aromatic heterocycles. The van der Waals surface area contributed by atoms with E-state index in [0.29, 0.717) is 6.54 Å². The van der Waals surface area contributed by atoms with Crippen LogP contribution < -0.4 is 23.0 Å². The van der Waals surface area contributed by atoms with Crippen LogP contribution in [-0.4, -0.2) is 68.7 Å². The van der Waals surface area contributed by atoms with Gasteiger partial charge in [0, 0.05) is 31.0 Å². The number of hydrogen-bond acceptors (Lipinski definition) is 3. The second-order valence-electron chi connectivity index (χ2n) is 7.20. The summed E-state index contributed by atoms with van der Waals surface area (Å²) < 4.78 is 1.05. The smallest absolute Gasteiger partial charge is 0.241 e. The first-order valence-corrected chi connectivity index (χ1v) is 8.18. The number of piperazine rings is 1. The average Bonchev–Trinajstić information content (AvgIpc) is 2.48. The van der Waals surface area contributed by atoms with Crippen molar-refractivity contribution >= 4 is 29.7 Å². The maximum absolute atomic E-state index is 12.7. The Hall–Kier alpha value is -1.01. The van der Waals surface area contributed by atoms with Gasteiger partial charge in [0.2, 0.25) is 5.91 Å². The molecule has 1 aromatic rings.